The van der Waals surface area contributed by atoms with Crippen LogP contribution in [0.3, 0.4) is 0 Å². The minimum Gasteiger partial charge on any atom is -0.493 e. The largest absolute Gasteiger partial charge is 0.493 e. The number of methoxy groups -OCH3 is 3. The monoisotopic (exact) mass is 526 g/mol. The van der Waals surface area contributed by atoms with Crippen molar-refractivity contribution in [1.29, 1.82) is 0 Å². The highest BCUT2D eigenvalue weighted by Crippen LogP contribution is 2.56. The van der Waals surface area contributed by atoms with Gasteiger partial charge in [-0.15, -0.1) is 0 Å². The van der Waals surface area contributed by atoms with Crippen molar-refractivity contribution in [3.05, 3.63) is 41.0 Å². The highest BCUT2D eigenvalue weighted by molar-refractivity contribution is 5.79. The molecule has 2 aromatic carbocycles. The van der Waals surface area contributed by atoms with Crippen molar-refractivity contribution in [1.82, 2.24) is 0 Å². The summed E-state index contributed by atoms with van der Waals surface area (Å²) in [5.74, 6) is 0.604. The maximum Gasteiger partial charge on any atom is 0.310 e. The summed E-state index contributed by atoms with van der Waals surface area (Å²) in [5.41, 5.74) is 2.39. The van der Waals surface area contributed by atoms with Crippen LogP contribution in [0.5, 0.6) is 28.7 Å². The van der Waals surface area contributed by atoms with Crippen molar-refractivity contribution in [2.75, 3.05) is 34.7 Å². The van der Waals surface area contributed by atoms with Gasteiger partial charge in [0.1, 0.15) is 6.10 Å². The van der Waals surface area contributed by atoms with Crippen LogP contribution in [-0.4, -0.2) is 46.7 Å². The number of carbonyl (C=O) groups is 2. The van der Waals surface area contributed by atoms with Crippen LogP contribution in [-0.2, 0) is 19.1 Å². The van der Waals surface area contributed by atoms with Gasteiger partial charge in [-0.1, -0.05) is 26.2 Å². The van der Waals surface area contributed by atoms with E-state index in [2.05, 4.69) is 6.92 Å². The molecule has 0 amide bonds. The number of ether oxygens (including phenoxy) is 7. The van der Waals surface area contributed by atoms with Gasteiger partial charge in [0.05, 0.1) is 33.9 Å². The highest BCUT2D eigenvalue weighted by atomic mass is 16.7. The highest BCUT2D eigenvalue weighted by Gasteiger charge is 2.54. The third kappa shape index (κ3) is 4.59. The van der Waals surface area contributed by atoms with E-state index in [1.807, 2.05) is 24.3 Å². The molecule has 204 valence electrons. The molecule has 38 heavy (non-hydrogen) atoms. The molecule has 1 aliphatic carbocycles. The van der Waals surface area contributed by atoms with Crippen LogP contribution in [0.1, 0.15) is 67.7 Å². The Balaban J connectivity index is 1.60. The zero-order valence-electron chi connectivity index (χ0n) is 22.2. The molecule has 9 nitrogen and oxygen atoms in total. The number of fused-ring (bicyclic) bond motifs is 3. The maximum absolute atomic E-state index is 13.2. The van der Waals surface area contributed by atoms with Gasteiger partial charge in [0.25, 0.3) is 0 Å². The molecule has 0 saturated carbocycles. The Bertz CT molecular complexity index is 1180. The first-order valence-corrected chi connectivity index (χ1v) is 13.1. The smallest absolute Gasteiger partial charge is 0.310 e. The molecule has 0 N–H and O–H groups in total. The first-order valence-electron chi connectivity index (χ1n) is 13.1. The van der Waals surface area contributed by atoms with E-state index in [1.165, 1.54) is 0 Å². The average molecular weight is 527 g/mol. The molecule has 2 heterocycles. The predicted octanol–water partition coefficient (Wildman–Crippen LogP) is 4.93. The number of hydrogen-bond donors (Lipinski definition) is 0. The third-order valence-corrected chi connectivity index (χ3v) is 7.66. The minimum atomic E-state index is -0.645. The number of hydrogen-bond acceptors (Lipinski definition) is 9. The van der Waals surface area contributed by atoms with Crippen LogP contribution in [0, 0.1) is 11.8 Å². The van der Waals surface area contributed by atoms with E-state index in [0.29, 0.717) is 35.2 Å². The molecule has 2 aliphatic heterocycles. The van der Waals surface area contributed by atoms with Gasteiger partial charge in [-0.25, -0.2) is 0 Å². The van der Waals surface area contributed by atoms with E-state index in [4.69, 9.17) is 33.2 Å². The fraction of sp³-hybridized carbons (Fsp3) is 0.517. The van der Waals surface area contributed by atoms with E-state index in [9.17, 15) is 9.59 Å². The van der Waals surface area contributed by atoms with Gasteiger partial charge in [-0.3, -0.25) is 9.59 Å². The van der Waals surface area contributed by atoms with Crippen molar-refractivity contribution in [3.63, 3.8) is 0 Å². The summed E-state index contributed by atoms with van der Waals surface area (Å²) in [6.45, 7) is 2.39. The standard InChI is InChI=1S/C29H34O9/c1-5-6-7-8-9-24(30)38-27-18-13-21-20(36-15-37-21)12-17(18)25(26-19(27)14-35-29(26)31)16-10-22(32-2)28(34-4)23(11-16)33-3/h10-13,19,25-27H,5-9,14-15H2,1-4H3/t19-,25+,26+,27-/m0/s1. The molecule has 0 radical (unpaired) electrons. The number of carbonyl (C=O) groups excluding carboxylic acids is 2. The van der Waals surface area contributed by atoms with Crippen LogP contribution in [0.15, 0.2) is 24.3 Å². The van der Waals surface area contributed by atoms with Crippen molar-refractivity contribution in [2.24, 2.45) is 11.8 Å². The van der Waals surface area contributed by atoms with Gasteiger partial charge in [0.2, 0.25) is 12.5 Å². The number of esters is 2. The first kappa shape index (κ1) is 26.0. The minimum absolute atomic E-state index is 0.101. The average Bonchev–Trinajstić information content (AvgIpc) is 3.55. The SMILES string of the molecule is CCCCCCC(=O)O[C@H]1c2cc3c(cc2[C@@H](c2cc(OC)c(OC)c(OC)c2)[C@@H]2C(=O)OC[C@@H]21)OCO3. The Labute approximate surface area is 222 Å². The number of rotatable bonds is 10. The van der Waals surface area contributed by atoms with Gasteiger partial charge >= 0.3 is 11.9 Å². The molecular formula is C29H34O9. The van der Waals surface area contributed by atoms with Crippen LogP contribution >= 0.6 is 0 Å². The van der Waals surface area contributed by atoms with Crippen LogP contribution in [0.25, 0.3) is 0 Å². The topological polar surface area (TPSA) is 98.8 Å². The number of unbranched alkanes of at least 4 members (excludes halogenated alkanes) is 3. The summed E-state index contributed by atoms with van der Waals surface area (Å²) in [7, 11) is 4.65. The van der Waals surface area contributed by atoms with E-state index in [1.54, 1.807) is 21.3 Å². The molecule has 2 aromatic rings. The van der Waals surface area contributed by atoms with Crippen LogP contribution < -0.4 is 23.7 Å². The van der Waals surface area contributed by atoms with Gasteiger partial charge in [-0.05, 0) is 41.8 Å². The van der Waals surface area contributed by atoms with Crippen molar-refractivity contribution >= 4 is 11.9 Å². The molecule has 0 aromatic heterocycles. The second-order valence-corrected chi connectivity index (χ2v) is 9.81. The lowest BCUT2D eigenvalue weighted by atomic mass is 9.66. The van der Waals surface area contributed by atoms with Crippen molar-refractivity contribution in [2.45, 2.75) is 51.0 Å². The lowest BCUT2D eigenvalue weighted by Crippen LogP contribution is -2.36. The summed E-state index contributed by atoms with van der Waals surface area (Å²) < 4.78 is 39.8. The Morgan fingerprint density at radius 3 is 2.21 bits per heavy atom. The van der Waals surface area contributed by atoms with Gasteiger partial charge < -0.3 is 33.2 Å². The normalized spacial score (nSPS) is 22.8. The molecule has 1 saturated heterocycles. The Morgan fingerprint density at radius 1 is 0.895 bits per heavy atom. The fourth-order valence-corrected chi connectivity index (χ4v) is 5.84. The molecular weight excluding hydrogens is 492 g/mol. The molecule has 3 aliphatic rings. The Morgan fingerprint density at radius 2 is 1.58 bits per heavy atom. The maximum atomic E-state index is 13.2. The molecule has 0 bridgehead atoms. The molecule has 5 rings (SSSR count). The van der Waals surface area contributed by atoms with Crippen molar-refractivity contribution in [3.8, 4) is 28.7 Å². The van der Waals surface area contributed by atoms with E-state index < -0.39 is 17.9 Å². The molecule has 4 atom stereocenters. The lowest BCUT2D eigenvalue weighted by molar-refractivity contribution is -0.154. The zero-order valence-corrected chi connectivity index (χ0v) is 22.2. The van der Waals surface area contributed by atoms with E-state index >= 15 is 0 Å². The summed E-state index contributed by atoms with van der Waals surface area (Å²) in [6.07, 6.45) is 3.59. The third-order valence-electron chi connectivity index (χ3n) is 7.66. The first-order chi connectivity index (χ1) is 18.5. The number of benzene rings is 2. The lowest BCUT2D eigenvalue weighted by Gasteiger charge is -2.38. The second-order valence-electron chi connectivity index (χ2n) is 9.81. The Hall–Kier alpha value is -3.62. The van der Waals surface area contributed by atoms with Gasteiger partial charge in [-0.2, -0.15) is 0 Å². The summed E-state index contributed by atoms with van der Waals surface area (Å²) >= 11 is 0. The second kappa shape index (κ2) is 11.0. The number of cyclic esters (lactones) is 1. The van der Waals surface area contributed by atoms with Gasteiger partial charge in [0.15, 0.2) is 23.0 Å². The predicted molar refractivity (Wildman–Crippen MR) is 136 cm³/mol. The molecule has 1 fully saturated rings. The van der Waals surface area contributed by atoms with Gasteiger partial charge in [0, 0.05) is 23.8 Å². The molecule has 0 unspecified atom stereocenters. The molecule has 9 heteroatoms. The van der Waals surface area contributed by atoms with Crippen LogP contribution in [0.2, 0.25) is 0 Å². The van der Waals surface area contributed by atoms with Crippen LogP contribution in [0.4, 0.5) is 0 Å². The summed E-state index contributed by atoms with van der Waals surface area (Å²) in [4.78, 5) is 26.2. The fourth-order valence-electron chi connectivity index (χ4n) is 5.84. The van der Waals surface area contributed by atoms with E-state index in [0.717, 1.165) is 42.4 Å². The van der Waals surface area contributed by atoms with E-state index in [-0.39, 0.29) is 31.3 Å². The quantitative estimate of drug-likeness (QED) is 0.315. The Kier molecular flexibility index (Phi) is 7.53. The zero-order chi connectivity index (χ0) is 26.8. The summed E-state index contributed by atoms with van der Waals surface area (Å²) in [6, 6.07) is 7.46. The van der Waals surface area contributed by atoms with Crippen molar-refractivity contribution < 1.29 is 42.7 Å². The summed E-state index contributed by atoms with van der Waals surface area (Å²) in [5, 5.41) is 0. The molecule has 0 spiro atoms.